The molecule has 0 aromatic carbocycles. The summed E-state index contributed by atoms with van der Waals surface area (Å²) in [5, 5.41) is 0. The third kappa shape index (κ3) is 0.822. The summed E-state index contributed by atoms with van der Waals surface area (Å²) in [5.74, 6) is -3.44. The van der Waals surface area contributed by atoms with E-state index in [9.17, 15) is 18.0 Å². The lowest BCUT2D eigenvalue weighted by Gasteiger charge is -2.19. The summed E-state index contributed by atoms with van der Waals surface area (Å²) < 4.78 is 37.5. The standard InChI is InChI=1S/C6H7F3O/c7-5(4-10)2-1-3-6(5,8)9/h4H,1-3H2. The van der Waals surface area contributed by atoms with Crippen molar-refractivity contribution in [2.24, 2.45) is 0 Å². The van der Waals surface area contributed by atoms with E-state index in [1.807, 2.05) is 0 Å². The molecule has 1 aliphatic rings. The molecule has 1 fully saturated rings. The first-order chi connectivity index (χ1) is 4.52. The molecule has 0 amide bonds. The monoisotopic (exact) mass is 152 g/mol. The maximum atomic E-state index is 12.7. The Bertz CT molecular complexity index is 157. The van der Waals surface area contributed by atoms with E-state index in [1.54, 1.807) is 0 Å². The van der Waals surface area contributed by atoms with Crippen LogP contribution >= 0.6 is 0 Å². The second kappa shape index (κ2) is 1.97. The van der Waals surface area contributed by atoms with Crippen molar-refractivity contribution in [1.82, 2.24) is 0 Å². The minimum Gasteiger partial charge on any atom is -0.300 e. The van der Waals surface area contributed by atoms with E-state index in [2.05, 4.69) is 0 Å². The maximum Gasteiger partial charge on any atom is 0.288 e. The summed E-state index contributed by atoms with van der Waals surface area (Å²) in [5.41, 5.74) is -2.88. The number of aldehydes is 1. The zero-order chi connectivity index (χ0) is 7.83. The van der Waals surface area contributed by atoms with Crippen molar-refractivity contribution in [3.8, 4) is 0 Å². The Labute approximate surface area is 56.2 Å². The van der Waals surface area contributed by atoms with Crippen molar-refractivity contribution in [3.63, 3.8) is 0 Å². The van der Waals surface area contributed by atoms with E-state index in [4.69, 9.17) is 0 Å². The van der Waals surface area contributed by atoms with E-state index in [0.717, 1.165) is 0 Å². The molecule has 10 heavy (non-hydrogen) atoms. The number of halogens is 3. The SMILES string of the molecule is O=CC1(F)CCCC1(F)F. The lowest BCUT2D eigenvalue weighted by atomic mass is 10.0. The van der Waals surface area contributed by atoms with Crippen LogP contribution in [0.1, 0.15) is 19.3 Å². The van der Waals surface area contributed by atoms with Crippen molar-refractivity contribution < 1.29 is 18.0 Å². The van der Waals surface area contributed by atoms with Gasteiger partial charge in [-0.3, -0.25) is 4.79 Å². The summed E-state index contributed by atoms with van der Waals surface area (Å²) >= 11 is 0. The van der Waals surface area contributed by atoms with E-state index >= 15 is 0 Å². The second-order valence-corrected chi connectivity index (χ2v) is 2.54. The Morgan fingerprint density at radius 3 is 2.00 bits per heavy atom. The minimum absolute atomic E-state index is 0.0856. The smallest absolute Gasteiger partial charge is 0.288 e. The highest BCUT2D eigenvalue weighted by atomic mass is 19.3. The van der Waals surface area contributed by atoms with Gasteiger partial charge >= 0.3 is 0 Å². The maximum absolute atomic E-state index is 12.7. The topological polar surface area (TPSA) is 17.1 Å². The largest absolute Gasteiger partial charge is 0.300 e. The van der Waals surface area contributed by atoms with Crippen LogP contribution in [-0.4, -0.2) is 17.9 Å². The van der Waals surface area contributed by atoms with Crippen LogP contribution in [0.25, 0.3) is 0 Å². The molecule has 0 heterocycles. The van der Waals surface area contributed by atoms with Gasteiger partial charge < -0.3 is 0 Å². The van der Waals surface area contributed by atoms with Crippen LogP contribution in [0.5, 0.6) is 0 Å². The van der Waals surface area contributed by atoms with Gasteiger partial charge in [0.25, 0.3) is 5.92 Å². The summed E-state index contributed by atoms with van der Waals surface area (Å²) in [6.07, 6.45) is -1.05. The third-order valence-electron chi connectivity index (χ3n) is 1.83. The van der Waals surface area contributed by atoms with E-state index in [0.29, 0.717) is 0 Å². The van der Waals surface area contributed by atoms with Crippen molar-refractivity contribution in [2.75, 3.05) is 0 Å². The molecule has 0 aromatic heterocycles. The number of alkyl halides is 3. The number of carbonyl (C=O) groups is 1. The third-order valence-corrected chi connectivity index (χ3v) is 1.83. The van der Waals surface area contributed by atoms with Gasteiger partial charge in [0.15, 0.2) is 6.29 Å². The van der Waals surface area contributed by atoms with Crippen molar-refractivity contribution in [1.29, 1.82) is 0 Å². The second-order valence-electron chi connectivity index (χ2n) is 2.54. The molecule has 0 N–H and O–H groups in total. The number of rotatable bonds is 1. The minimum atomic E-state index is -3.44. The zero-order valence-corrected chi connectivity index (χ0v) is 5.24. The van der Waals surface area contributed by atoms with Crippen LogP contribution in [0.2, 0.25) is 0 Å². The van der Waals surface area contributed by atoms with Crippen LogP contribution in [0, 0.1) is 0 Å². The predicted octanol–water partition coefficient (Wildman–Crippen LogP) is 1.71. The molecule has 0 aromatic rings. The first-order valence-corrected chi connectivity index (χ1v) is 3.05. The van der Waals surface area contributed by atoms with Gasteiger partial charge in [-0.2, -0.15) is 0 Å². The summed E-state index contributed by atoms with van der Waals surface area (Å²) in [6, 6.07) is 0. The molecule has 1 nitrogen and oxygen atoms in total. The fourth-order valence-corrected chi connectivity index (χ4v) is 1.10. The van der Waals surface area contributed by atoms with Crippen LogP contribution < -0.4 is 0 Å². The molecule has 1 rings (SSSR count). The fraction of sp³-hybridized carbons (Fsp3) is 0.833. The highest BCUT2D eigenvalue weighted by Gasteiger charge is 2.58. The summed E-state index contributed by atoms with van der Waals surface area (Å²) in [7, 11) is 0. The Morgan fingerprint density at radius 2 is 1.80 bits per heavy atom. The van der Waals surface area contributed by atoms with Crippen LogP contribution in [-0.2, 0) is 4.79 Å². The molecule has 0 bridgehead atoms. The Balaban J connectivity index is 2.85. The van der Waals surface area contributed by atoms with E-state index < -0.39 is 18.0 Å². The molecule has 1 saturated carbocycles. The molecule has 58 valence electrons. The molecule has 1 atom stereocenters. The highest BCUT2D eigenvalue weighted by molar-refractivity contribution is 5.65. The van der Waals surface area contributed by atoms with Crippen LogP contribution in [0.4, 0.5) is 13.2 Å². The quantitative estimate of drug-likeness (QED) is 0.523. The fourth-order valence-electron chi connectivity index (χ4n) is 1.10. The highest BCUT2D eigenvalue weighted by Crippen LogP contribution is 2.44. The van der Waals surface area contributed by atoms with Crippen LogP contribution in [0.3, 0.4) is 0 Å². The molecule has 1 unspecified atom stereocenters. The molecule has 0 aliphatic heterocycles. The zero-order valence-electron chi connectivity index (χ0n) is 5.24. The van der Waals surface area contributed by atoms with Gasteiger partial charge in [-0.1, -0.05) is 0 Å². The molecular weight excluding hydrogens is 145 g/mol. The first-order valence-electron chi connectivity index (χ1n) is 3.05. The van der Waals surface area contributed by atoms with Gasteiger partial charge in [-0.25, -0.2) is 13.2 Å². The van der Waals surface area contributed by atoms with Gasteiger partial charge in [0.2, 0.25) is 5.67 Å². The molecule has 0 spiro atoms. The van der Waals surface area contributed by atoms with Gasteiger partial charge in [0.1, 0.15) is 0 Å². The molecule has 1 aliphatic carbocycles. The van der Waals surface area contributed by atoms with Crippen LogP contribution in [0.15, 0.2) is 0 Å². The van der Waals surface area contributed by atoms with Gasteiger partial charge in [0.05, 0.1) is 0 Å². The number of hydrogen-bond acceptors (Lipinski definition) is 1. The number of hydrogen-bond donors (Lipinski definition) is 0. The molecule has 0 radical (unpaired) electrons. The molecule has 4 heteroatoms. The number of carbonyl (C=O) groups excluding carboxylic acids is 1. The van der Waals surface area contributed by atoms with Gasteiger partial charge in [-0.05, 0) is 12.8 Å². The normalized spacial score (nSPS) is 37.9. The Kier molecular flexibility index (Phi) is 1.49. The summed E-state index contributed by atoms with van der Waals surface area (Å²) in [4.78, 5) is 9.89. The predicted molar refractivity (Wildman–Crippen MR) is 28.7 cm³/mol. The molecular formula is C6H7F3O. The average molecular weight is 152 g/mol. The average Bonchev–Trinajstić information content (AvgIpc) is 2.10. The van der Waals surface area contributed by atoms with Crippen molar-refractivity contribution in [3.05, 3.63) is 0 Å². The molecule has 0 saturated heterocycles. The lowest BCUT2D eigenvalue weighted by Crippen LogP contribution is -2.40. The van der Waals surface area contributed by atoms with Crippen molar-refractivity contribution in [2.45, 2.75) is 30.9 Å². The van der Waals surface area contributed by atoms with Gasteiger partial charge in [-0.15, -0.1) is 0 Å². The van der Waals surface area contributed by atoms with E-state index in [-0.39, 0.29) is 19.1 Å². The lowest BCUT2D eigenvalue weighted by molar-refractivity contribution is -0.144. The van der Waals surface area contributed by atoms with E-state index in [1.165, 1.54) is 0 Å². The Hall–Kier alpha value is -0.540. The van der Waals surface area contributed by atoms with Gasteiger partial charge in [0, 0.05) is 6.42 Å². The Morgan fingerprint density at radius 1 is 1.20 bits per heavy atom. The van der Waals surface area contributed by atoms with Crippen molar-refractivity contribution >= 4 is 6.29 Å². The summed E-state index contributed by atoms with van der Waals surface area (Å²) in [6.45, 7) is 0. The first kappa shape index (κ1) is 7.57.